The standard InChI is InChI=1S/C17H25NO2SSi/c1-7-18(8-2)17(19)13-10-9-12-11-14(22(4,5)6)21-16(12)15(13)20-3/h9-11H,7-8H2,1-6H3. The van der Waals surface area contributed by atoms with Crippen molar-refractivity contribution < 1.29 is 9.53 Å². The van der Waals surface area contributed by atoms with Gasteiger partial charge in [0.05, 0.1) is 25.4 Å². The minimum Gasteiger partial charge on any atom is -0.494 e. The predicted octanol–water partition coefficient (Wildman–Crippen LogP) is 3.94. The summed E-state index contributed by atoms with van der Waals surface area (Å²) in [6.45, 7) is 12.4. The first-order valence-electron chi connectivity index (χ1n) is 7.73. The number of carbonyl (C=O) groups is 1. The Hall–Kier alpha value is -1.33. The molecule has 1 amide bonds. The number of thiophene rings is 1. The van der Waals surface area contributed by atoms with Gasteiger partial charge in [-0.2, -0.15) is 0 Å². The molecule has 0 fully saturated rings. The number of hydrogen-bond acceptors (Lipinski definition) is 3. The van der Waals surface area contributed by atoms with Crippen LogP contribution in [0.5, 0.6) is 5.75 Å². The molecule has 1 aromatic heterocycles. The van der Waals surface area contributed by atoms with Crippen LogP contribution in [-0.2, 0) is 0 Å². The Morgan fingerprint density at radius 1 is 1.23 bits per heavy atom. The first-order valence-corrected chi connectivity index (χ1v) is 12.0. The Labute approximate surface area is 137 Å². The van der Waals surface area contributed by atoms with E-state index in [0.29, 0.717) is 18.7 Å². The van der Waals surface area contributed by atoms with Crippen molar-refractivity contribution in [1.29, 1.82) is 0 Å². The molecule has 0 bridgehead atoms. The summed E-state index contributed by atoms with van der Waals surface area (Å²) < 4.78 is 8.16. The number of benzene rings is 1. The van der Waals surface area contributed by atoms with Gasteiger partial charge in [-0.05, 0) is 35.9 Å². The van der Waals surface area contributed by atoms with Crippen molar-refractivity contribution in [2.24, 2.45) is 0 Å². The molecule has 0 unspecified atom stereocenters. The van der Waals surface area contributed by atoms with E-state index in [0.717, 1.165) is 10.4 Å². The summed E-state index contributed by atoms with van der Waals surface area (Å²) in [6, 6.07) is 6.22. The van der Waals surface area contributed by atoms with Crippen molar-refractivity contribution in [2.45, 2.75) is 33.5 Å². The van der Waals surface area contributed by atoms with Crippen molar-refractivity contribution >= 4 is 39.9 Å². The highest BCUT2D eigenvalue weighted by atomic mass is 32.1. The zero-order valence-electron chi connectivity index (χ0n) is 14.3. The van der Waals surface area contributed by atoms with Gasteiger partial charge in [-0.15, -0.1) is 11.3 Å². The second kappa shape index (κ2) is 6.42. The van der Waals surface area contributed by atoms with Gasteiger partial charge in [0.25, 0.3) is 5.91 Å². The molecule has 0 aliphatic rings. The fourth-order valence-electron chi connectivity index (χ4n) is 2.50. The molecular weight excluding hydrogens is 310 g/mol. The Kier molecular flexibility index (Phi) is 4.97. The Balaban J connectivity index is 2.60. The van der Waals surface area contributed by atoms with Crippen molar-refractivity contribution in [3.63, 3.8) is 0 Å². The highest BCUT2D eigenvalue weighted by Gasteiger charge is 2.24. The first kappa shape index (κ1) is 17.0. The van der Waals surface area contributed by atoms with E-state index in [1.54, 1.807) is 18.4 Å². The minimum atomic E-state index is -1.36. The van der Waals surface area contributed by atoms with Crippen LogP contribution in [0.15, 0.2) is 18.2 Å². The predicted molar refractivity (Wildman–Crippen MR) is 98.6 cm³/mol. The van der Waals surface area contributed by atoms with Gasteiger partial charge in [-0.1, -0.05) is 25.7 Å². The van der Waals surface area contributed by atoms with Gasteiger partial charge in [0.1, 0.15) is 5.75 Å². The van der Waals surface area contributed by atoms with Gasteiger partial charge < -0.3 is 9.64 Å². The van der Waals surface area contributed by atoms with Crippen molar-refractivity contribution in [2.75, 3.05) is 20.2 Å². The van der Waals surface area contributed by atoms with E-state index >= 15 is 0 Å². The van der Waals surface area contributed by atoms with Gasteiger partial charge in [-0.25, -0.2) is 0 Å². The molecule has 120 valence electrons. The van der Waals surface area contributed by atoms with Crippen LogP contribution < -0.4 is 9.24 Å². The summed E-state index contributed by atoms with van der Waals surface area (Å²) in [5.41, 5.74) is 0.669. The van der Waals surface area contributed by atoms with E-state index in [1.807, 2.05) is 24.8 Å². The van der Waals surface area contributed by atoms with Gasteiger partial charge in [-0.3, -0.25) is 4.79 Å². The highest BCUT2D eigenvalue weighted by Crippen LogP contribution is 2.34. The fourth-order valence-corrected chi connectivity index (χ4v) is 5.56. The number of nitrogens with zero attached hydrogens (tertiary/aromatic N) is 1. The number of hydrogen-bond donors (Lipinski definition) is 0. The van der Waals surface area contributed by atoms with Crippen LogP contribution in [0.1, 0.15) is 24.2 Å². The average molecular weight is 336 g/mol. The summed E-state index contributed by atoms with van der Waals surface area (Å²) in [6.07, 6.45) is 0. The molecule has 2 aromatic rings. The Morgan fingerprint density at radius 2 is 1.86 bits per heavy atom. The lowest BCUT2D eigenvalue weighted by atomic mass is 10.1. The summed E-state index contributed by atoms with van der Waals surface area (Å²) in [5.74, 6) is 0.774. The van der Waals surface area contributed by atoms with E-state index in [-0.39, 0.29) is 5.91 Å². The topological polar surface area (TPSA) is 29.5 Å². The van der Waals surface area contributed by atoms with E-state index < -0.39 is 8.07 Å². The SMILES string of the molecule is CCN(CC)C(=O)c1ccc2cc([Si](C)(C)C)sc2c1OC. The molecule has 0 spiro atoms. The summed E-state index contributed by atoms with van der Waals surface area (Å²) in [5, 5.41) is 1.18. The molecule has 0 aliphatic heterocycles. The quantitative estimate of drug-likeness (QED) is 0.775. The number of ether oxygens (including phenoxy) is 1. The lowest BCUT2D eigenvalue weighted by molar-refractivity contribution is 0.0770. The van der Waals surface area contributed by atoms with Crippen LogP contribution in [0, 0.1) is 0 Å². The second-order valence-corrected chi connectivity index (χ2v) is 12.9. The van der Waals surface area contributed by atoms with Gasteiger partial charge in [0, 0.05) is 13.1 Å². The van der Waals surface area contributed by atoms with Crippen molar-refractivity contribution in [3.8, 4) is 5.75 Å². The maximum Gasteiger partial charge on any atom is 0.257 e. The van der Waals surface area contributed by atoms with E-state index in [1.165, 1.54) is 9.89 Å². The number of rotatable bonds is 5. The van der Waals surface area contributed by atoms with Crippen LogP contribution >= 0.6 is 11.3 Å². The molecule has 5 heteroatoms. The highest BCUT2D eigenvalue weighted by molar-refractivity contribution is 7.31. The lowest BCUT2D eigenvalue weighted by Gasteiger charge is -2.20. The van der Waals surface area contributed by atoms with Gasteiger partial charge in [0.2, 0.25) is 0 Å². The molecule has 2 rings (SSSR count). The van der Waals surface area contributed by atoms with Crippen molar-refractivity contribution in [1.82, 2.24) is 4.90 Å². The monoisotopic (exact) mass is 335 g/mol. The van der Waals surface area contributed by atoms with E-state index in [2.05, 4.69) is 31.8 Å². The smallest absolute Gasteiger partial charge is 0.257 e. The number of amides is 1. The maximum absolute atomic E-state index is 12.7. The van der Waals surface area contributed by atoms with E-state index in [9.17, 15) is 4.79 Å². The zero-order valence-corrected chi connectivity index (χ0v) is 16.1. The fraction of sp³-hybridized carbons (Fsp3) is 0.471. The third kappa shape index (κ3) is 3.06. The molecule has 0 atom stereocenters. The van der Waals surface area contributed by atoms with Crippen molar-refractivity contribution in [3.05, 3.63) is 23.8 Å². The summed E-state index contributed by atoms with van der Waals surface area (Å²) >= 11 is 1.78. The Bertz CT molecular complexity index is 684. The average Bonchev–Trinajstić information content (AvgIpc) is 2.91. The summed E-state index contributed by atoms with van der Waals surface area (Å²) in [4.78, 5) is 14.5. The zero-order chi connectivity index (χ0) is 16.5. The lowest BCUT2D eigenvalue weighted by Crippen LogP contribution is -2.34. The largest absolute Gasteiger partial charge is 0.494 e. The van der Waals surface area contributed by atoms with Crippen LogP contribution in [-0.4, -0.2) is 39.1 Å². The molecule has 1 aromatic carbocycles. The second-order valence-electron chi connectivity index (χ2n) is 6.40. The minimum absolute atomic E-state index is 0.0479. The maximum atomic E-state index is 12.7. The Morgan fingerprint density at radius 3 is 2.36 bits per heavy atom. The first-order chi connectivity index (χ1) is 10.3. The molecule has 1 heterocycles. The van der Waals surface area contributed by atoms with Gasteiger partial charge in [0.15, 0.2) is 0 Å². The normalized spacial score (nSPS) is 11.7. The third-order valence-corrected chi connectivity index (χ3v) is 8.59. The molecule has 0 N–H and O–H groups in total. The number of methoxy groups -OCH3 is 1. The third-order valence-electron chi connectivity index (χ3n) is 3.87. The van der Waals surface area contributed by atoms with Crippen LogP contribution in [0.2, 0.25) is 19.6 Å². The number of carbonyl (C=O) groups excluding carboxylic acids is 1. The molecule has 0 aliphatic carbocycles. The molecular formula is C17H25NO2SSi. The van der Waals surface area contributed by atoms with Crippen LogP contribution in [0.4, 0.5) is 0 Å². The van der Waals surface area contributed by atoms with Gasteiger partial charge >= 0.3 is 0 Å². The molecule has 0 saturated carbocycles. The number of fused-ring (bicyclic) bond motifs is 1. The van der Waals surface area contributed by atoms with Crippen LogP contribution in [0.3, 0.4) is 0 Å². The summed E-state index contributed by atoms with van der Waals surface area (Å²) in [7, 11) is 0.290. The molecule has 0 radical (unpaired) electrons. The molecule has 3 nitrogen and oxygen atoms in total. The molecule has 0 saturated heterocycles. The van der Waals surface area contributed by atoms with E-state index in [4.69, 9.17) is 4.74 Å². The molecule has 22 heavy (non-hydrogen) atoms. The van der Waals surface area contributed by atoms with Crippen LogP contribution in [0.25, 0.3) is 10.1 Å².